The van der Waals surface area contributed by atoms with Gasteiger partial charge in [0.05, 0.1) is 55.1 Å². The molecule has 16 heteroatoms. The van der Waals surface area contributed by atoms with Crippen LogP contribution in [0.5, 0.6) is 17.2 Å². The minimum absolute atomic E-state index is 0.00188. The van der Waals surface area contributed by atoms with Crippen LogP contribution < -0.4 is 29.1 Å². The van der Waals surface area contributed by atoms with E-state index in [0.717, 1.165) is 9.13 Å². The predicted octanol–water partition coefficient (Wildman–Crippen LogP) is 5.60. The summed E-state index contributed by atoms with van der Waals surface area (Å²) >= 11 is 6.91. The molecule has 0 unspecified atom stereocenters. The fourth-order valence-corrected chi connectivity index (χ4v) is 8.02. The molecule has 266 valence electrons. The van der Waals surface area contributed by atoms with Gasteiger partial charge in [-0.2, -0.15) is 0 Å². The van der Waals surface area contributed by atoms with E-state index in [1.165, 1.54) is 35.1 Å². The smallest absolute Gasteiger partial charge is 0.343 e. The van der Waals surface area contributed by atoms with Crippen molar-refractivity contribution < 1.29 is 38.2 Å². The van der Waals surface area contributed by atoms with Gasteiger partial charge in [0.25, 0.3) is 11.2 Å². The molecule has 0 spiro atoms. The number of methoxy groups -OCH3 is 1. The van der Waals surface area contributed by atoms with Gasteiger partial charge >= 0.3 is 11.9 Å². The number of nitro benzene ring substituents is 1. The predicted molar refractivity (Wildman–Crippen MR) is 200 cm³/mol. The molecule has 0 N–H and O–H groups in total. The average Bonchev–Trinajstić information content (AvgIpc) is 3.40. The van der Waals surface area contributed by atoms with Crippen LogP contribution in [0.25, 0.3) is 6.08 Å². The normalized spacial score (nSPS) is 14.0. The molecule has 5 rings (SSSR count). The van der Waals surface area contributed by atoms with Crippen molar-refractivity contribution >= 4 is 73.6 Å². The maximum atomic E-state index is 14.2. The fourth-order valence-electron chi connectivity index (χ4n) is 5.21. The van der Waals surface area contributed by atoms with Crippen LogP contribution >= 0.6 is 49.9 Å². The lowest BCUT2D eigenvalue weighted by Crippen LogP contribution is -2.40. The molecule has 0 saturated heterocycles. The third-order valence-electron chi connectivity index (χ3n) is 7.52. The van der Waals surface area contributed by atoms with Crippen molar-refractivity contribution in [2.45, 2.75) is 33.4 Å². The van der Waals surface area contributed by atoms with Crippen molar-refractivity contribution in [3.8, 4) is 17.2 Å². The Labute approximate surface area is 317 Å². The van der Waals surface area contributed by atoms with Crippen LogP contribution in [0.15, 0.2) is 80.1 Å². The van der Waals surface area contributed by atoms with Gasteiger partial charge in [0.2, 0.25) is 0 Å². The number of nitrogens with zero attached hydrogens (tertiary/aromatic N) is 3. The summed E-state index contributed by atoms with van der Waals surface area (Å²) in [4.78, 5) is 54.9. The molecule has 1 atom stereocenters. The van der Waals surface area contributed by atoms with Gasteiger partial charge in [-0.1, -0.05) is 17.4 Å². The van der Waals surface area contributed by atoms with Crippen LogP contribution in [-0.4, -0.2) is 48.4 Å². The highest BCUT2D eigenvalue weighted by molar-refractivity contribution is 14.1. The Kier molecular flexibility index (Phi) is 12.3. The number of hydrogen-bond donors (Lipinski definition) is 0. The summed E-state index contributed by atoms with van der Waals surface area (Å²) in [6.45, 7) is 5.46. The van der Waals surface area contributed by atoms with Gasteiger partial charge in [0.15, 0.2) is 22.9 Å². The molecular formula is C35H31BrIN3O10S. The lowest BCUT2D eigenvalue weighted by atomic mass is 9.95. The summed E-state index contributed by atoms with van der Waals surface area (Å²) in [5.74, 6) is 0.00508. The molecule has 1 aliphatic heterocycles. The maximum Gasteiger partial charge on any atom is 0.343 e. The summed E-state index contributed by atoms with van der Waals surface area (Å²) in [6.07, 6.45) is 1.74. The number of carbonyl (C=O) groups excluding carboxylic acids is 2. The van der Waals surface area contributed by atoms with E-state index in [9.17, 15) is 24.5 Å². The Morgan fingerprint density at radius 2 is 1.80 bits per heavy atom. The minimum Gasteiger partial charge on any atom is -0.490 e. The molecule has 0 fully saturated rings. The Hall–Kier alpha value is -4.55. The fraction of sp³-hybridized carbons (Fsp3) is 0.257. The van der Waals surface area contributed by atoms with Crippen molar-refractivity contribution in [2.75, 3.05) is 26.9 Å². The van der Waals surface area contributed by atoms with Crippen molar-refractivity contribution in [1.29, 1.82) is 0 Å². The van der Waals surface area contributed by atoms with E-state index in [1.54, 1.807) is 57.2 Å². The zero-order valence-corrected chi connectivity index (χ0v) is 32.3. The quantitative estimate of drug-likeness (QED) is 0.0716. The number of aromatic nitrogens is 1. The van der Waals surface area contributed by atoms with Crippen LogP contribution in [0.2, 0.25) is 0 Å². The van der Waals surface area contributed by atoms with Crippen LogP contribution in [0.1, 0.15) is 43.5 Å². The summed E-state index contributed by atoms with van der Waals surface area (Å²) < 4.78 is 30.8. The van der Waals surface area contributed by atoms with Crippen molar-refractivity contribution in [3.63, 3.8) is 0 Å². The minimum atomic E-state index is -0.904. The van der Waals surface area contributed by atoms with Crippen molar-refractivity contribution in [1.82, 2.24) is 4.57 Å². The number of thiazole rings is 1. The number of benzene rings is 3. The topological polar surface area (TPSA) is 158 Å². The zero-order chi connectivity index (χ0) is 36.8. The second-order valence-electron chi connectivity index (χ2n) is 10.8. The van der Waals surface area contributed by atoms with E-state index in [2.05, 4.69) is 48.3 Å². The Morgan fingerprint density at radius 3 is 2.45 bits per heavy atom. The Bertz CT molecular complexity index is 2190. The maximum absolute atomic E-state index is 14.2. The third-order valence-corrected chi connectivity index (χ3v) is 9.90. The number of carbonyl (C=O) groups is 2. The lowest BCUT2D eigenvalue weighted by molar-refractivity contribution is -0.384. The molecule has 2 heterocycles. The molecule has 0 amide bonds. The van der Waals surface area contributed by atoms with Gasteiger partial charge in [-0.25, -0.2) is 14.6 Å². The summed E-state index contributed by atoms with van der Waals surface area (Å²) in [5, 5.41) is 11.0. The van der Waals surface area contributed by atoms with Gasteiger partial charge in [-0.15, -0.1) is 0 Å². The van der Waals surface area contributed by atoms with Crippen LogP contribution in [-0.2, 0) is 25.7 Å². The second-order valence-corrected chi connectivity index (χ2v) is 13.9. The van der Waals surface area contributed by atoms with E-state index in [1.807, 2.05) is 12.1 Å². The van der Waals surface area contributed by atoms with Crippen LogP contribution in [0, 0.1) is 13.7 Å². The van der Waals surface area contributed by atoms with Crippen LogP contribution in [0.4, 0.5) is 5.69 Å². The van der Waals surface area contributed by atoms with Crippen molar-refractivity contribution in [2.24, 2.45) is 4.99 Å². The highest BCUT2D eigenvalue weighted by atomic mass is 127. The molecule has 13 nitrogen and oxygen atoms in total. The molecule has 51 heavy (non-hydrogen) atoms. The standard InChI is InChI=1S/C35H31BrIN3O10S/c1-5-47-27-16-22(9-12-26(27)49-18-29(41)46-4)31-30(34(43)48-6-2)19(3)38-35-39(31)33(42)28(51-35)15-21-13-24(36)32(25(37)14-21)50-17-20-7-10-23(11-8-20)40(44)45/h7-16,31H,5-6,17-18H2,1-4H3/b28-15-/t31-/m0/s1. The lowest BCUT2D eigenvalue weighted by Gasteiger charge is -2.25. The van der Waals surface area contributed by atoms with Crippen LogP contribution in [0.3, 0.4) is 0 Å². The molecule has 0 radical (unpaired) electrons. The van der Waals surface area contributed by atoms with E-state index in [4.69, 9.17) is 18.9 Å². The number of hydrogen-bond acceptors (Lipinski definition) is 12. The first-order chi connectivity index (χ1) is 24.4. The van der Waals surface area contributed by atoms with Gasteiger partial charge in [0, 0.05) is 12.1 Å². The number of fused-ring (bicyclic) bond motifs is 1. The number of rotatable bonds is 13. The van der Waals surface area contributed by atoms with E-state index in [-0.39, 0.29) is 49.0 Å². The molecule has 0 bridgehead atoms. The van der Waals surface area contributed by atoms with Gasteiger partial charge < -0.3 is 23.7 Å². The number of nitro groups is 1. The molecule has 4 aromatic rings. The number of esters is 2. The first-order valence-electron chi connectivity index (χ1n) is 15.5. The average molecular weight is 893 g/mol. The molecule has 1 aliphatic rings. The first kappa shape index (κ1) is 37.7. The molecule has 3 aromatic carbocycles. The largest absolute Gasteiger partial charge is 0.490 e. The first-order valence-corrected chi connectivity index (χ1v) is 18.2. The highest BCUT2D eigenvalue weighted by Crippen LogP contribution is 2.37. The number of allylic oxidation sites excluding steroid dienone is 1. The monoisotopic (exact) mass is 891 g/mol. The third kappa shape index (κ3) is 8.50. The molecule has 0 aliphatic carbocycles. The molecule has 1 aromatic heterocycles. The van der Waals surface area contributed by atoms with E-state index >= 15 is 0 Å². The van der Waals surface area contributed by atoms with Gasteiger partial charge in [-0.05, 0) is 118 Å². The summed E-state index contributed by atoms with van der Waals surface area (Å²) in [6, 6.07) is 13.9. The highest BCUT2D eigenvalue weighted by Gasteiger charge is 2.34. The summed E-state index contributed by atoms with van der Waals surface area (Å²) in [7, 11) is 1.26. The SMILES string of the molecule is CCOC(=O)C1=C(C)N=c2s/c(=C\c3cc(Br)c(OCc4ccc([N+](=O)[O-])cc4)c(I)c3)c(=O)n2[C@H]1c1ccc(OCC(=O)OC)c(OCC)c1. The van der Waals surface area contributed by atoms with E-state index < -0.39 is 22.9 Å². The molecular weight excluding hydrogens is 861 g/mol. The Balaban J connectivity index is 1.54. The van der Waals surface area contributed by atoms with Gasteiger partial charge in [-0.3, -0.25) is 19.5 Å². The van der Waals surface area contributed by atoms with Gasteiger partial charge in [0.1, 0.15) is 12.4 Å². The zero-order valence-electron chi connectivity index (χ0n) is 27.8. The summed E-state index contributed by atoms with van der Waals surface area (Å²) in [5.41, 5.74) is 2.25. The second kappa shape index (κ2) is 16.6. The molecule has 0 saturated carbocycles. The number of ether oxygens (including phenoxy) is 5. The number of halogens is 2. The van der Waals surface area contributed by atoms with Crippen molar-refractivity contribution in [3.05, 3.63) is 120 Å². The number of non-ortho nitro benzene ring substituents is 1. The Morgan fingerprint density at radius 1 is 1.06 bits per heavy atom. The van der Waals surface area contributed by atoms with E-state index in [0.29, 0.717) is 42.1 Å².